The van der Waals surface area contributed by atoms with E-state index in [0.29, 0.717) is 24.3 Å². The molecule has 0 aromatic rings. The smallest absolute Gasteiger partial charge is 0.168 e. The Bertz CT molecular complexity index is 371. The number of nitrogens with one attached hydrogen (secondary N) is 1. The second-order valence-corrected chi connectivity index (χ2v) is 6.24. The minimum absolute atomic E-state index is 0.0304. The summed E-state index contributed by atoms with van der Waals surface area (Å²) in [5.41, 5.74) is 1.20. The number of carbonyl (C=O) groups is 2. The monoisotopic (exact) mass is 235 g/mol. The summed E-state index contributed by atoms with van der Waals surface area (Å²) >= 11 is 0. The molecule has 94 valence electrons. The molecule has 1 unspecified atom stereocenters. The van der Waals surface area contributed by atoms with Crippen molar-refractivity contribution in [1.82, 2.24) is 5.32 Å². The first-order valence-electron chi connectivity index (χ1n) is 6.42. The van der Waals surface area contributed by atoms with Gasteiger partial charge < -0.3 is 5.32 Å². The number of Topliss-reactive ketones (excluding diaryl/α,β-unsaturated/α-hetero) is 2. The maximum Gasteiger partial charge on any atom is 0.168 e. The Morgan fingerprint density at radius 1 is 1.18 bits per heavy atom. The molecule has 0 amide bonds. The zero-order valence-electron chi connectivity index (χ0n) is 10.9. The van der Waals surface area contributed by atoms with Crippen molar-refractivity contribution in [3.63, 3.8) is 0 Å². The summed E-state index contributed by atoms with van der Waals surface area (Å²) in [6.07, 6.45) is 2.94. The fraction of sp³-hybridized carbons (Fsp3) is 0.714. The van der Waals surface area contributed by atoms with Gasteiger partial charge in [-0.1, -0.05) is 20.8 Å². The molecule has 17 heavy (non-hydrogen) atoms. The first kappa shape index (κ1) is 12.3. The predicted molar refractivity (Wildman–Crippen MR) is 66.5 cm³/mol. The minimum Gasteiger partial charge on any atom is -0.388 e. The quantitative estimate of drug-likeness (QED) is 0.517. The lowest BCUT2D eigenvalue weighted by Crippen LogP contribution is -2.36. The van der Waals surface area contributed by atoms with E-state index in [9.17, 15) is 9.59 Å². The SMILES string of the molecule is CC1CCNC(=C2C(=O)CC(C)(C)CC2=O)C1. The number of rotatable bonds is 0. The molecule has 1 saturated carbocycles. The number of allylic oxidation sites excluding steroid dienone is 2. The van der Waals surface area contributed by atoms with Gasteiger partial charge in [-0.15, -0.1) is 0 Å². The van der Waals surface area contributed by atoms with Crippen LogP contribution in [0.1, 0.15) is 46.5 Å². The van der Waals surface area contributed by atoms with Crippen molar-refractivity contribution in [1.29, 1.82) is 0 Å². The summed E-state index contributed by atoms with van der Waals surface area (Å²) in [7, 11) is 0. The Hall–Kier alpha value is -1.12. The van der Waals surface area contributed by atoms with Gasteiger partial charge in [0.05, 0.1) is 5.57 Å². The number of ketones is 2. The molecule has 0 spiro atoms. The normalized spacial score (nSPS) is 29.2. The molecule has 0 aromatic carbocycles. The van der Waals surface area contributed by atoms with Crippen LogP contribution in [-0.4, -0.2) is 18.1 Å². The Kier molecular flexibility index (Phi) is 3.11. The van der Waals surface area contributed by atoms with Gasteiger partial charge in [-0.05, 0) is 24.2 Å². The Morgan fingerprint density at radius 3 is 2.29 bits per heavy atom. The predicted octanol–water partition coefficient (Wildman–Crippen LogP) is 2.22. The van der Waals surface area contributed by atoms with Gasteiger partial charge in [-0.3, -0.25) is 9.59 Å². The molecule has 1 aliphatic heterocycles. The average molecular weight is 235 g/mol. The molecular weight excluding hydrogens is 214 g/mol. The number of carbonyl (C=O) groups excluding carboxylic acids is 2. The fourth-order valence-electron chi connectivity index (χ4n) is 2.78. The molecule has 3 nitrogen and oxygen atoms in total. The fourth-order valence-corrected chi connectivity index (χ4v) is 2.78. The second-order valence-electron chi connectivity index (χ2n) is 6.24. The highest BCUT2D eigenvalue weighted by Gasteiger charge is 2.37. The highest BCUT2D eigenvalue weighted by atomic mass is 16.2. The molecule has 2 aliphatic rings. The van der Waals surface area contributed by atoms with Crippen molar-refractivity contribution >= 4 is 11.6 Å². The molecule has 0 aromatic heterocycles. The molecular formula is C14H21NO2. The van der Waals surface area contributed by atoms with Crippen molar-refractivity contribution in [3.8, 4) is 0 Å². The van der Waals surface area contributed by atoms with Gasteiger partial charge in [0.2, 0.25) is 0 Å². The molecule has 1 aliphatic carbocycles. The van der Waals surface area contributed by atoms with E-state index in [0.717, 1.165) is 25.1 Å². The van der Waals surface area contributed by atoms with Gasteiger partial charge in [0.25, 0.3) is 0 Å². The second kappa shape index (κ2) is 4.28. The maximum absolute atomic E-state index is 12.1. The Labute approximate surface area is 103 Å². The third kappa shape index (κ3) is 2.59. The van der Waals surface area contributed by atoms with Gasteiger partial charge in [0, 0.05) is 25.1 Å². The first-order valence-corrected chi connectivity index (χ1v) is 6.42. The summed E-state index contributed by atoms with van der Waals surface area (Å²) in [6, 6.07) is 0. The molecule has 3 heteroatoms. The molecule has 0 radical (unpaired) electrons. The van der Waals surface area contributed by atoms with Gasteiger partial charge in [0.1, 0.15) is 0 Å². The van der Waals surface area contributed by atoms with Crippen molar-refractivity contribution in [2.24, 2.45) is 11.3 Å². The zero-order valence-corrected chi connectivity index (χ0v) is 10.9. The van der Waals surface area contributed by atoms with Crippen LogP contribution in [0.5, 0.6) is 0 Å². The van der Waals surface area contributed by atoms with E-state index in [1.807, 2.05) is 13.8 Å². The lowest BCUT2D eigenvalue weighted by molar-refractivity contribution is -0.127. The van der Waals surface area contributed by atoms with E-state index in [4.69, 9.17) is 0 Å². The van der Waals surface area contributed by atoms with Crippen LogP contribution in [0.3, 0.4) is 0 Å². The topological polar surface area (TPSA) is 46.2 Å². The summed E-state index contributed by atoms with van der Waals surface area (Å²) in [5, 5.41) is 3.25. The van der Waals surface area contributed by atoms with E-state index >= 15 is 0 Å². The molecule has 1 N–H and O–H groups in total. The van der Waals surface area contributed by atoms with Gasteiger partial charge >= 0.3 is 0 Å². The molecule has 1 saturated heterocycles. The highest BCUT2D eigenvalue weighted by Crippen LogP contribution is 2.35. The van der Waals surface area contributed by atoms with Crippen molar-refractivity contribution in [2.75, 3.05) is 6.54 Å². The van der Waals surface area contributed by atoms with Crippen molar-refractivity contribution in [2.45, 2.75) is 46.5 Å². The Balaban J connectivity index is 2.29. The van der Waals surface area contributed by atoms with Crippen LogP contribution in [0.15, 0.2) is 11.3 Å². The van der Waals surface area contributed by atoms with Crippen LogP contribution in [0.4, 0.5) is 0 Å². The van der Waals surface area contributed by atoms with Crippen LogP contribution in [0.25, 0.3) is 0 Å². The molecule has 1 heterocycles. The lowest BCUT2D eigenvalue weighted by atomic mass is 9.73. The summed E-state index contributed by atoms with van der Waals surface area (Å²) in [5.74, 6) is 0.625. The lowest BCUT2D eigenvalue weighted by Gasteiger charge is -2.32. The zero-order chi connectivity index (χ0) is 12.6. The van der Waals surface area contributed by atoms with Crippen LogP contribution in [0, 0.1) is 11.3 Å². The van der Waals surface area contributed by atoms with E-state index in [2.05, 4.69) is 12.2 Å². The number of hydrogen-bond donors (Lipinski definition) is 1. The number of hydrogen-bond acceptors (Lipinski definition) is 3. The maximum atomic E-state index is 12.1. The van der Waals surface area contributed by atoms with Gasteiger partial charge in [0.15, 0.2) is 11.6 Å². The van der Waals surface area contributed by atoms with E-state index < -0.39 is 0 Å². The highest BCUT2D eigenvalue weighted by molar-refractivity contribution is 6.22. The van der Waals surface area contributed by atoms with E-state index in [-0.39, 0.29) is 17.0 Å². The molecule has 2 rings (SSSR count). The van der Waals surface area contributed by atoms with Crippen molar-refractivity contribution < 1.29 is 9.59 Å². The summed E-state index contributed by atoms with van der Waals surface area (Å²) in [4.78, 5) is 24.2. The third-order valence-electron chi connectivity index (χ3n) is 3.67. The standard InChI is InChI=1S/C14H21NO2/c1-9-4-5-15-10(6-9)13-11(16)7-14(2,3)8-12(13)17/h9,15H,4-8H2,1-3H3. The Morgan fingerprint density at radius 2 is 1.76 bits per heavy atom. The minimum atomic E-state index is -0.168. The van der Waals surface area contributed by atoms with Gasteiger partial charge in [-0.25, -0.2) is 0 Å². The van der Waals surface area contributed by atoms with Crippen molar-refractivity contribution in [3.05, 3.63) is 11.3 Å². The average Bonchev–Trinajstić information content (AvgIpc) is 2.13. The van der Waals surface area contributed by atoms with Crippen LogP contribution >= 0.6 is 0 Å². The van der Waals surface area contributed by atoms with Gasteiger partial charge in [-0.2, -0.15) is 0 Å². The van der Waals surface area contributed by atoms with Crippen LogP contribution < -0.4 is 5.32 Å². The van der Waals surface area contributed by atoms with Crippen LogP contribution in [-0.2, 0) is 9.59 Å². The molecule has 0 bridgehead atoms. The third-order valence-corrected chi connectivity index (χ3v) is 3.67. The van der Waals surface area contributed by atoms with E-state index in [1.54, 1.807) is 0 Å². The number of piperidine rings is 1. The first-order chi connectivity index (χ1) is 7.89. The van der Waals surface area contributed by atoms with E-state index in [1.165, 1.54) is 0 Å². The molecule has 2 fully saturated rings. The summed E-state index contributed by atoms with van der Waals surface area (Å²) < 4.78 is 0. The van der Waals surface area contributed by atoms with Crippen LogP contribution in [0.2, 0.25) is 0 Å². The summed E-state index contributed by atoms with van der Waals surface area (Å²) in [6.45, 7) is 7.02. The largest absolute Gasteiger partial charge is 0.388 e. The molecule has 1 atom stereocenters.